The number of hydrogen-bond acceptors (Lipinski definition) is 5. The van der Waals surface area contributed by atoms with Crippen molar-refractivity contribution in [3.8, 4) is 11.5 Å². The number of benzene rings is 1. The second-order valence-electron chi connectivity index (χ2n) is 4.60. The van der Waals surface area contributed by atoms with E-state index in [0.717, 1.165) is 19.4 Å². The minimum Gasteiger partial charge on any atom is -0.454 e. The second kappa shape index (κ2) is 5.46. The van der Waals surface area contributed by atoms with E-state index in [9.17, 15) is 4.79 Å². The normalized spacial score (nSPS) is 20.5. The topological polar surface area (TPSA) is 68.8 Å². The fraction of sp³-hybridized carbons (Fsp3) is 0.462. The van der Waals surface area contributed by atoms with Gasteiger partial charge in [-0.05, 0) is 37.6 Å². The zero-order valence-corrected chi connectivity index (χ0v) is 10.5. The van der Waals surface area contributed by atoms with Gasteiger partial charge in [0.15, 0.2) is 11.5 Å². The quantitative estimate of drug-likeness (QED) is 0.788. The maximum atomic E-state index is 11.9. The van der Waals surface area contributed by atoms with Gasteiger partial charge in [0, 0.05) is 11.6 Å². The Kier molecular flexibility index (Phi) is 3.52. The van der Waals surface area contributed by atoms with E-state index >= 15 is 0 Å². The van der Waals surface area contributed by atoms with E-state index in [1.54, 1.807) is 18.2 Å². The number of hydrogen-bond donors (Lipinski definition) is 2. The standard InChI is InChI=1S/C13H16N2O4/c16-13(15-19-7-10-2-1-5-14-10)9-3-4-11-12(6-9)18-8-17-11/h3-4,6,10,14H,1-2,5,7-8H2,(H,15,16). The Labute approximate surface area is 111 Å². The van der Waals surface area contributed by atoms with Gasteiger partial charge >= 0.3 is 0 Å². The summed E-state index contributed by atoms with van der Waals surface area (Å²) in [7, 11) is 0. The molecule has 0 radical (unpaired) electrons. The molecule has 3 rings (SSSR count). The van der Waals surface area contributed by atoms with Gasteiger partial charge < -0.3 is 14.8 Å². The van der Waals surface area contributed by atoms with Crippen LogP contribution in [0.3, 0.4) is 0 Å². The average Bonchev–Trinajstić information content (AvgIpc) is 3.08. The first-order valence-corrected chi connectivity index (χ1v) is 6.38. The van der Waals surface area contributed by atoms with Crippen molar-refractivity contribution in [3.05, 3.63) is 23.8 Å². The molecule has 1 saturated heterocycles. The Morgan fingerprint density at radius 3 is 3.16 bits per heavy atom. The SMILES string of the molecule is O=C(NOCC1CCCN1)c1ccc2c(c1)OCO2. The van der Waals surface area contributed by atoms with Crippen molar-refractivity contribution in [2.75, 3.05) is 19.9 Å². The van der Waals surface area contributed by atoms with Crippen LogP contribution < -0.4 is 20.3 Å². The van der Waals surface area contributed by atoms with E-state index in [-0.39, 0.29) is 12.7 Å². The van der Waals surface area contributed by atoms with Gasteiger partial charge in [0.1, 0.15) is 0 Å². The lowest BCUT2D eigenvalue weighted by atomic mass is 10.2. The van der Waals surface area contributed by atoms with E-state index < -0.39 is 0 Å². The summed E-state index contributed by atoms with van der Waals surface area (Å²) in [6, 6.07) is 5.38. The van der Waals surface area contributed by atoms with E-state index in [1.165, 1.54) is 0 Å². The molecule has 1 fully saturated rings. The Bertz CT molecular complexity index is 472. The summed E-state index contributed by atoms with van der Waals surface area (Å²) in [5.74, 6) is 0.967. The third kappa shape index (κ3) is 2.80. The summed E-state index contributed by atoms with van der Waals surface area (Å²) in [5, 5.41) is 3.29. The molecule has 0 aromatic heterocycles. The summed E-state index contributed by atoms with van der Waals surface area (Å²) in [4.78, 5) is 17.1. The van der Waals surface area contributed by atoms with E-state index in [0.29, 0.717) is 29.7 Å². The van der Waals surface area contributed by atoms with Crippen molar-refractivity contribution in [1.29, 1.82) is 0 Å². The van der Waals surface area contributed by atoms with Gasteiger partial charge in [-0.2, -0.15) is 0 Å². The lowest BCUT2D eigenvalue weighted by Crippen LogP contribution is -2.32. The molecule has 1 amide bonds. The molecule has 6 nitrogen and oxygen atoms in total. The molecule has 102 valence electrons. The highest BCUT2D eigenvalue weighted by Gasteiger charge is 2.17. The van der Waals surface area contributed by atoms with Gasteiger partial charge in [-0.1, -0.05) is 0 Å². The summed E-state index contributed by atoms with van der Waals surface area (Å²) >= 11 is 0. The highest BCUT2D eigenvalue weighted by molar-refractivity contribution is 5.94. The first-order valence-electron chi connectivity index (χ1n) is 6.38. The zero-order valence-electron chi connectivity index (χ0n) is 10.5. The lowest BCUT2D eigenvalue weighted by Gasteiger charge is -2.11. The number of rotatable bonds is 4. The maximum Gasteiger partial charge on any atom is 0.274 e. The Balaban J connectivity index is 1.52. The molecule has 2 aliphatic heterocycles. The van der Waals surface area contributed by atoms with E-state index in [1.807, 2.05) is 0 Å². The molecule has 19 heavy (non-hydrogen) atoms. The van der Waals surface area contributed by atoms with Crippen LogP contribution in [0.25, 0.3) is 0 Å². The largest absolute Gasteiger partial charge is 0.454 e. The highest BCUT2D eigenvalue weighted by atomic mass is 16.7. The van der Waals surface area contributed by atoms with Crippen molar-refractivity contribution < 1.29 is 19.1 Å². The third-order valence-electron chi connectivity index (χ3n) is 3.25. The molecule has 6 heteroatoms. The number of nitrogens with one attached hydrogen (secondary N) is 2. The van der Waals surface area contributed by atoms with Crippen LogP contribution in [0.1, 0.15) is 23.2 Å². The van der Waals surface area contributed by atoms with Gasteiger partial charge in [-0.3, -0.25) is 9.63 Å². The third-order valence-corrected chi connectivity index (χ3v) is 3.25. The number of fused-ring (bicyclic) bond motifs is 1. The first-order chi connectivity index (χ1) is 9.33. The van der Waals surface area contributed by atoms with E-state index in [4.69, 9.17) is 14.3 Å². The van der Waals surface area contributed by atoms with Crippen molar-refractivity contribution in [2.45, 2.75) is 18.9 Å². The molecule has 1 aromatic rings. The molecule has 2 heterocycles. The fourth-order valence-electron chi connectivity index (χ4n) is 2.20. The van der Waals surface area contributed by atoms with Gasteiger partial charge in [-0.25, -0.2) is 5.48 Å². The summed E-state index contributed by atoms with van der Waals surface area (Å²) in [6.07, 6.45) is 2.24. The molecular weight excluding hydrogens is 248 g/mol. The van der Waals surface area contributed by atoms with Crippen LogP contribution in [0.15, 0.2) is 18.2 Å². The fourth-order valence-corrected chi connectivity index (χ4v) is 2.20. The Morgan fingerprint density at radius 1 is 1.42 bits per heavy atom. The Morgan fingerprint density at radius 2 is 2.32 bits per heavy atom. The highest BCUT2D eigenvalue weighted by Crippen LogP contribution is 2.32. The number of hydroxylamine groups is 1. The second-order valence-corrected chi connectivity index (χ2v) is 4.60. The van der Waals surface area contributed by atoms with Crippen LogP contribution in [0, 0.1) is 0 Å². The van der Waals surface area contributed by atoms with Gasteiger partial charge in [-0.15, -0.1) is 0 Å². The van der Waals surface area contributed by atoms with Crippen LogP contribution in [-0.4, -0.2) is 31.9 Å². The molecule has 1 unspecified atom stereocenters. The zero-order chi connectivity index (χ0) is 13.1. The van der Waals surface area contributed by atoms with E-state index in [2.05, 4.69) is 10.8 Å². The van der Waals surface area contributed by atoms with Gasteiger partial charge in [0.2, 0.25) is 6.79 Å². The molecule has 0 spiro atoms. The summed E-state index contributed by atoms with van der Waals surface area (Å²) in [6.45, 7) is 1.70. The lowest BCUT2D eigenvalue weighted by molar-refractivity contribution is 0.0242. The van der Waals surface area contributed by atoms with Crippen LogP contribution >= 0.6 is 0 Å². The number of amides is 1. The predicted octanol–water partition coefficient (Wildman–Crippen LogP) is 0.829. The summed E-state index contributed by atoms with van der Waals surface area (Å²) in [5.41, 5.74) is 2.93. The van der Waals surface area contributed by atoms with Crippen molar-refractivity contribution in [1.82, 2.24) is 10.8 Å². The summed E-state index contributed by atoms with van der Waals surface area (Å²) < 4.78 is 10.4. The molecule has 2 aliphatic rings. The molecule has 2 N–H and O–H groups in total. The van der Waals surface area contributed by atoms with Crippen LogP contribution in [0.2, 0.25) is 0 Å². The molecule has 1 atom stereocenters. The molecule has 0 saturated carbocycles. The molecule has 1 aromatic carbocycles. The molecule has 0 aliphatic carbocycles. The molecular formula is C13H16N2O4. The van der Waals surface area contributed by atoms with Crippen molar-refractivity contribution >= 4 is 5.91 Å². The Hall–Kier alpha value is -1.79. The minimum atomic E-state index is -0.281. The van der Waals surface area contributed by atoms with Crippen LogP contribution in [0.4, 0.5) is 0 Å². The predicted molar refractivity (Wildman–Crippen MR) is 67.0 cm³/mol. The maximum absolute atomic E-state index is 11.9. The van der Waals surface area contributed by atoms with Crippen LogP contribution in [0.5, 0.6) is 11.5 Å². The van der Waals surface area contributed by atoms with Crippen LogP contribution in [-0.2, 0) is 4.84 Å². The van der Waals surface area contributed by atoms with Crippen molar-refractivity contribution in [2.24, 2.45) is 0 Å². The number of ether oxygens (including phenoxy) is 2. The average molecular weight is 264 g/mol. The number of carbonyl (C=O) groups is 1. The number of carbonyl (C=O) groups excluding carboxylic acids is 1. The first kappa shape index (κ1) is 12.3. The van der Waals surface area contributed by atoms with Gasteiger partial charge in [0.25, 0.3) is 5.91 Å². The monoisotopic (exact) mass is 264 g/mol. The smallest absolute Gasteiger partial charge is 0.274 e. The minimum absolute atomic E-state index is 0.199. The van der Waals surface area contributed by atoms with Crippen molar-refractivity contribution in [3.63, 3.8) is 0 Å². The molecule has 0 bridgehead atoms. The van der Waals surface area contributed by atoms with Gasteiger partial charge in [0.05, 0.1) is 6.61 Å².